The summed E-state index contributed by atoms with van der Waals surface area (Å²) in [7, 11) is 0. The summed E-state index contributed by atoms with van der Waals surface area (Å²) < 4.78 is 2.31. The number of nitrogens with zero attached hydrogens (tertiary/aromatic N) is 1. The number of benzene rings is 1. The van der Waals surface area contributed by atoms with Gasteiger partial charge in [0.1, 0.15) is 0 Å². The molecule has 13 heavy (non-hydrogen) atoms. The maximum atomic E-state index is 3.29. The van der Waals surface area contributed by atoms with E-state index in [1.165, 1.54) is 16.5 Å². The Morgan fingerprint density at radius 2 is 2.23 bits per heavy atom. The highest BCUT2D eigenvalue weighted by Gasteiger charge is 2.09. The van der Waals surface area contributed by atoms with Gasteiger partial charge in [0.05, 0.1) is 12.1 Å². The van der Waals surface area contributed by atoms with Gasteiger partial charge in [0.15, 0.2) is 0 Å². The van der Waals surface area contributed by atoms with Gasteiger partial charge in [0.2, 0.25) is 0 Å². The molecule has 2 heteroatoms. The van der Waals surface area contributed by atoms with E-state index in [9.17, 15) is 0 Å². The van der Waals surface area contributed by atoms with Gasteiger partial charge in [-0.05, 0) is 17.0 Å². The van der Waals surface area contributed by atoms with E-state index in [1.54, 1.807) is 0 Å². The fraction of sp³-hybridized carbons (Fsp3) is 0.182. The molecule has 0 saturated carbocycles. The molecule has 65 valence electrons. The van der Waals surface area contributed by atoms with Crippen molar-refractivity contribution in [3.63, 3.8) is 0 Å². The minimum Gasteiger partial charge on any atom is -0.346 e. The van der Waals surface area contributed by atoms with Gasteiger partial charge in [0, 0.05) is 19.3 Å². The maximum absolute atomic E-state index is 3.29. The van der Waals surface area contributed by atoms with Gasteiger partial charge in [-0.15, -0.1) is 0 Å². The topological polar surface area (TPSA) is 17.0 Å². The Morgan fingerprint density at radius 3 is 3.23 bits per heavy atom. The lowest BCUT2D eigenvalue weighted by atomic mass is 10.1. The zero-order valence-electron chi connectivity index (χ0n) is 7.33. The van der Waals surface area contributed by atoms with Gasteiger partial charge in [-0.25, -0.2) is 0 Å². The van der Waals surface area contributed by atoms with Crippen LogP contribution in [0.1, 0.15) is 5.56 Å². The Hall–Kier alpha value is -1.28. The average Bonchev–Trinajstić information content (AvgIpc) is 2.44. The van der Waals surface area contributed by atoms with Crippen molar-refractivity contribution in [2.45, 2.75) is 6.54 Å². The first-order chi connectivity index (χ1) is 6.45. The summed E-state index contributed by atoms with van der Waals surface area (Å²) in [6.07, 6.45) is 2.16. The van der Waals surface area contributed by atoms with Crippen molar-refractivity contribution in [2.75, 3.05) is 6.54 Å². The van der Waals surface area contributed by atoms with E-state index >= 15 is 0 Å². The summed E-state index contributed by atoms with van der Waals surface area (Å²) in [4.78, 5) is 0. The number of hydrogen-bond donors (Lipinski definition) is 1. The molecular formula is C11H11N2. The first-order valence-electron chi connectivity index (χ1n) is 4.59. The van der Waals surface area contributed by atoms with Crippen molar-refractivity contribution in [3.05, 3.63) is 42.6 Å². The molecule has 2 heterocycles. The van der Waals surface area contributed by atoms with Gasteiger partial charge >= 0.3 is 0 Å². The largest absolute Gasteiger partial charge is 0.346 e. The zero-order chi connectivity index (χ0) is 8.67. The molecule has 1 aromatic heterocycles. The third kappa shape index (κ3) is 0.988. The van der Waals surface area contributed by atoms with Gasteiger partial charge in [-0.1, -0.05) is 18.2 Å². The Morgan fingerprint density at radius 1 is 1.23 bits per heavy atom. The smallest absolute Gasteiger partial charge is 0.0540 e. The van der Waals surface area contributed by atoms with Crippen LogP contribution in [0.25, 0.3) is 10.9 Å². The summed E-state index contributed by atoms with van der Waals surface area (Å²) >= 11 is 0. The first-order valence-corrected chi connectivity index (χ1v) is 4.59. The summed E-state index contributed by atoms with van der Waals surface area (Å²) in [5.41, 5.74) is 2.65. The number of rotatable bonds is 0. The van der Waals surface area contributed by atoms with E-state index in [4.69, 9.17) is 0 Å². The second-order valence-corrected chi connectivity index (χ2v) is 3.39. The Balaban J connectivity index is 2.40. The summed E-state index contributed by atoms with van der Waals surface area (Å²) in [5, 5.41) is 4.63. The number of hydrogen-bond acceptors (Lipinski definition) is 1. The van der Waals surface area contributed by atoms with Gasteiger partial charge < -0.3 is 9.88 Å². The lowest BCUT2D eigenvalue weighted by molar-refractivity contribution is 0.681. The lowest BCUT2D eigenvalue weighted by Gasteiger charge is -2.01. The Kier molecular flexibility index (Phi) is 1.43. The Labute approximate surface area is 77.2 Å². The molecule has 0 unspecified atom stereocenters. The van der Waals surface area contributed by atoms with Crippen molar-refractivity contribution in [2.24, 2.45) is 0 Å². The van der Waals surface area contributed by atoms with E-state index in [0.29, 0.717) is 0 Å². The standard InChI is InChI=1S/C11H11N2/c1-2-9-4-6-13-7-5-12-8-10(3-1)11(9)13/h1-4,6,8,12H,5,7H2. The van der Waals surface area contributed by atoms with Crippen LogP contribution in [0, 0.1) is 6.54 Å². The van der Waals surface area contributed by atoms with E-state index in [1.807, 2.05) is 0 Å². The van der Waals surface area contributed by atoms with Crippen LogP contribution in [0.4, 0.5) is 0 Å². The zero-order valence-corrected chi connectivity index (χ0v) is 7.33. The predicted molar refractivity (Wildman–Crippen MR) is 53.3 cm³/mol. The van der Waals surface area contributed by atoms with E-state index < -0.39 is 0 Å². The van der Waals surface area contributed by atoms with Gasteiger partial charge in [0.25, 0.3) is 0 Å². The van der Waals surface area contributed by atoms with Crippen LogP contribution in [0.15, 0.2) is 30.5 Å². The number of aromatic nitrogens is 1. The van der Waals surface area contributed by atoms with E-state index in [-0.39, 0.29) is 0 Å². The normalized spacial score (nSPS) is 16.0. The minimum atomic E-state index is 1.01. The fourth-order valence-corrected chi connectivity index (χ4v) is 1.96. The monoisotopic (exact) mass is 171 g/mol. The number of para-hydroxylation sites is 1. The number of nitrogens with one attached hydrogen (secondary N) is 1. The molecule has 0 atom stereocenters. The molecule has 0 saturated heterocycles. The molecule has 2 aromatic rings. The summed E-state index contributed by atoms with van der Waals surface area (Å²) in [6, 6.07) is 8.59. The third-order valence-corrected chi connectivity index (χ3v) is 2.57. The van der Waals surface area contributed by atoms with Crippen molar-refractivity contribution < 1.29 is 0 Å². The van der Waals surface area contributed by atoms with Crippen molar-refractivity contribution in [1.82, 2.24) is 9.88 Å². The van der Waals surface area contributed by atoms with Crippen LogP contribution >= 0.6 is 0 Å². The van der Waals surface area contributed by atoms with Gasteiger partial charge in [-0.3, -0.25) is 0 Å². The highest BCUT2D eigenvalue weighted by Crippen LogP contribution is 2.22. The Bertz CT molecular complexity index is 442. The SMILES string of the molecule is [CH]1NCCn2ccc3cccc1c32. The van der Waals surface area contributed by atoms with E-state index in [2.05, 4.69) is 46.9 Å². The molecule has 1 aliphatic heterocycles. The maximum Gasteiger partial charge on any atom is 0.0540 e. The fourth-order valence-electron chi connectivity index (χ4n) is 1.96. The molecule has 1 N–H and O–H groups in total. The highest BCUT2D eigenvalue weighted by molar-refractivity contribution is 5.84. The summed E-state index contributed by atoms with van der Waals surface area (Å²) in [5.74, 6) is 0. The van der Waals surface area contributed by atoms with Crippen molar-refractivity contribution >= 4 is 10.9 Å². The summed E-state index contributed by atoms with van der Waals surface area (Å²) in [6.45, 7) is 4.17. The van der Waals surface area contributed by atoms with Crippen molar-refractivity contribution in [3.8, 4) is 0 Å². The van der Waals surface area contributed by atoms with Crippen LogP contribution in [0.3, 0.4) is 0 Å². The second-order valence-electron chi connectivity index (χ2n) is 3.39. The van der Waals surface area contributed by atoms with Crippen LogP contribution in [-0.2, 0) is 6.54 Å². The molecule has 0 spiro atoms. The molecule has 0 amide bonds. The lowest BCUT2D eigenvalue weighted by Crippen LogP contribution is -2.13. The predicted octanol–water partition coefficient (Wildman–Crippen LogP) is 1.75. The molecule has 1 aliphatic rings. The molecule has 1 radical (unpaired) electrons. The van der Waals surface area contributed by atoms with Crippen molar-refractivity contribution in [1.29, 1.82) is 0 Å². The van der Waals surface area contributed by atoms with Crippen LogP contribution in [0.2, 0.25) is 0 Å². The highest BCUT2D eigenvalue weighted by atomic mass is 15.0. The molecule has 3 rings (SSSR count). The first kappa shape index (κ1) is 7.15. The second kappa shape index (κ2) is 2.60. The minimum absolute atomic E-state index is 1.01. The van der Waals surface area contributed by atoms with Crippen LogP contribution in [0.5, 0.6) is 0 Å². The third-order valence-electron chi connectivity index (χ3n) is 2.57. The molecular weight excluding hydrogens is 160 g/mol. The molecule has 0 aliphatic carbocycles. The average molecular weight is 171 g/mol. The molecule has 1 aromatic carbocycles. The molecule has 0 fully saturated rings. The van der Waals surface area contributed by atoms with E-state index in [0.717, 1.165) is 13.1 Å². The molecule has 2 nitrogen and oxygen atoms in total. The van der Waals surface area contributed by atoms with Crippen LogP contribution < -0.4 is 5.32 Å². The molecule has 0 bridgehead atoms. The van der Waals surface area contributed by atoms with Gasteiger partial charge in [-0.2, -0.15) is 0 Å². The quantitative estimate of drug-likeness (QED) is 0.639. The van der Waals surface area contributed by atoms with Crippen LogP contribution in [-0.4, -0.2) is 11.1 Å².